The predicted octanol–water partition coefficient (Wildman–Crippen LogP) is 6.27. The third-order valence-corrected chi connectivity index (χ3v) is 10.3. The van der Waals surface area contributed by atoms with Crippen molar-refractivity contribution in [2.45, 2.75) is 76.5 Å². The highest BCUT2D eigenvalue weighted by molar-refractivity contribution is 5.91. The number of halogens is 3. The van der Waals surface area contributed by atoms with Gasteiger partial charge in [0, 0.05) is 37.5 Å². The topological polar surface area (TPSA) is 40.5 Å². The molecule has 5 rings (SSSR count). The molecule has 36 heavy (non-hydrogen) atoms. The smallest absolute Gasteiger partial charge is 0.378 e. The van der Waals surface area contributed by atoms with Crippen molar-refractivity contribution in [2.75, 3.05) is 19.0 Å². The molecular weight excluding hydrogens is 463 g/mol. The summed E-state index contributed by atoms with van der Waals surface area (Å²) in [6, 6.07) is 8.47. The van der Waals surface area contributed by atoms with Gasteiger partial charge >= 0.3 is 6.18 Å². The van der Waals surface area contributed by atoms with E-state index in [0.717, 1.165) is 30.5 Å². The molecule has 0 spiro atoms. The van der Waals surface area contributed by atoms with Crippen molar-refractivity contribution in [1.29, 1.82) is 0 Å². The van der Waals surface area contributed by atoms with Crippen LogP contribution in [-0.4, -0.2) is 36.8 Å². The monoisotopic (exact) mass is 499 g/mol. The first-order chi connectivity index (χ1) is 16.8. The van der Waals surface area contributed by atoms with Gasteiger partial charge in [-0.1, -0.05) is 37.5 Å². The van der Waals surface area contributed by atoms with Crippen LogP contribution in [0.5, 0.6) is 0 Å². The number of anilines is 1. The summed E-state index contributed by atoms with van der Waals surface area (Å²) in [5, 5.41) is 11.7. The van der Waals surface area contributed by atoms with Gasteiger partial charge in [0.1, 0.15) is 5.60 Å². The maximum absolute atomic E-state index is 13.1. The molecule has 1 N–H and O–H groups in total. The lowest BCUT2D eigenvalue weighted by Crippen LogP contribution is -2.57. The van der Waals surface area contributed by atoms with Gasteiger partial charge in [0.25, 0.3) is 0 Å². The maximum atomic E-state index is 13.1. The highest BCUT2D eigenvalue weighted by Crippen LogP contribution is 2.70. The Morgan fingerprint density at radius 3 is 2.39 bits per heavy atom. The van der Waals surface area contributed by atoms with Crippen molar-refractivity contribution >= 4 is 11.5 Å². The number of ketones is 1. The van der Waals surface area contributed by atoms with Crippen LogP contribution in [0, 0.1) is 40.4 Å². The van der Waals surface area contributed by atoms with Crippen LogP contribution < -0.4 is 4.90 Å². The van der Waals surface area contributed by atoms with Crippen molar-refractivity contribution in [3.63, 3.8) is 0 Å². The molecule has 1 unspecified atom stereocenters. The number of benzene rings is 1. The summed E-state index contributed by atoms with van der Waals surface area (Å²) in [7, 11) is 3.99. The van der Waals surface area contributed by atoms with Crippen LogP contribution in [0.25, 0.3) is 0 Å². The zero-order valence-corrected chi connectivity index (χ0v) is 21.6. The largest absolute Gasteiger partial charge is 0.457 e. The van der Waals surface area contributed by atoms with E-state index >= 15 is 0 Å². The van der Waals surface area contributed by atoms with E-state index in [1.54, 1.807) is 0 Å². The average molecular weight is 500 g/mol. The first kappa shape index (κ1) is 25.4. The summed E-state index contributed by atoms with van der Waals surface area (Å²) in [5.41, 5.74) is 0.957. The molecule has 3 saturated carbocycles. The fourth-order valence-electron chi connectivity index (χ4n) is 8.47. The second kappa shape index (κ2) is 8.38. The Morgan fingerprint density at radius 1 is 1.06 bits per heavy atom. The number of allylic oxidation sites excluding steroid dienone is 1. The fourth-order valence-corrected chi connectivity index (χ4v) is 8.47. The lowest BCUT2D eigenvalue weighted by Gasteiger charge is -2.61. The zero-order chi connectivity index (χ0) is 26.1. The standard InChI is InChI=1S/C30H36F3NO2/c1-27-13-11-22(35)17-20(27)7-10-23-25-12-14-29(36,15-16-30(31,32)33)28(25,2)18-24(26(23)27)19-5-8-21(9-6-19)34(3)4/h5-6,8-9,17,23-26,36H,7,10-14,18H2,1-4H3/t23-,24+,25-,26?,27-,28-,29+/m0/s1. The first-order valence-electron chi connectivity index (χ1n) is 13.1. The van der Waals surface area contributed by atoms with Crippen molar-refractivity contribution in [3.8, 4) is 11.8 Å². The number of aliphatic hydroxyl groups is 1. The second-order valence-electron chi connectivity index (χ2n) is 12.2. The van der Waals surface area contributed by atoms with Crippen molar-refractivity contribution in [1.82, 2.24) is 0 Å². The molecule has 0 radical (unpaired) electrons. The molecule has 0 aliphatic heterocycles. The van der Waals surface area contributed by atoms with Gasteiger partial charge in [0.15, 0.2) is 5.78 Å². The van der Waals surface area contributed by atoms with Crippen LogP contribution in [0.4, 0.5) is 18.9 Å². The summed E-state index contributed by atoms with van der Waals surface area (Å²) in [5.74, 6) is 4.63. The van der Waals surface area contributed by atoms with E-state index < -0.39 is 17.2 Å². The van der Waals surface area contributed by atoms with E-state index in [-0.39, 0.29) is 41.3 Å². The Labute approximate surface area is 212 Å². The van der Waals surface area contributed by atoms with Gasteiger partial charge in [0.05, 0.1) is 0 Å². The second-order valence-corrected chi connectivity index (χ2v) is 12.2. The van der Waals surface area contributed by atoms with Crippen molar-refractivity contribution in [2.24, 2.45) is 28.6 Å². The number of fused-ring (bicyclic) bond motifs is 5. The molecule has 3 fully saturated rings. The SMILES string of the molecule is CN(C)c1ccc([C@H]2C[C@@]3(C)[C@@H](CC[C@@]3(O)C#CC(F)(F)F)[C@@H]3CCC4=CC(=O)CC[C@]4(C)C23)cc1. The number of rotatable bonds is 2. The molecule has 4 aliphatic carbocycles. The zero-order valence-electron chi connectivity index (χ0n) is 21.6. The van der Waals surface area contributed by atoms with Crippen molar-refractivity contribution in [3.05, 3.63) is 41.5 Å². The summed E-state index contributed by atoms with van der Waals surface area (Å²) >= 11 is 0. The minimum absolute atomic E-state index is 0.0617. The molecule has 1 aromatic rings. The first-order valence-corrected chi connectivity index (χ1v) is 13.1. The minimum atomic E-state index is -4.63. The minimum Gasteiger partial charge on any atom is -0.378 e. The molecule has 7 atom stereocenters. The van der Waals surface area contributed by atoms with Crippen molar-refractivity contribution < 1.29 is 23.1 Å². The van der Waals surface area contributed by atoms with Crippen LogP contribution in [0.3, 0.4) is 0 Å². The molecule has 3 nitrogen and oxygen atoms in total. The highest BCUT2D eigenvalue weighted by Gasteiger charge is 2.66. The number of nitrogens with zero attached hydrogens (tertiary/aromatic N) is 1. The van der Waals surface area contributed by atoms with Crippen LogP contribution in [-0.2, 0) is 4.79 Å². The third kappa shape index (κ3) is 3.90. The molecule has 194 valence electrons. The summed E-state index contributed by atoms with van der Waals surface area (Å²) in [6.07, 6.45) is 1.87. The summed E-state index contributed by atoms with van der Waals surface area (Å²) in [6.45, 7) is 4.28. The van der Waals surface area contributed by atoms with E-state index in [1.807, 2.05) is 32.0 Å². The molecular formula is C30H36F3NO2. The highest BCUT2D eigenvalue weighted by atomic mass is 19.4. The summed E-state index contributed by atoms with van der Waals surface area (Å²) in [4.78, 5) is 14.4. The van der Waals surface area contributed by atoms with Gasteiger partial charge < -0.3 is 10.0 Å². The predicted molar refractivity (Wildman–Crippen MR) is 134 cm³/mol. The normalized spacial score (nSPS) is 39.8. The average Bonchev–Trinajstić information content (AvgIpc) is 3.08. The molecule has 0 heterocycles. The van der Waals surface area contributed by atoms with E-state index in [2.05, 4.69) is 37.1 Å². The number of hydrogen-bond acceptors (Lipinski definition) is 3. The van der Waals surface area contributed by atoms with Crippen LogP contribution >= 0.6 is 0 Å². The number of carbonyl (C=O) groups is 1. The van der Waals surface area contributed by atoms with E-state index in [9.17, 15) is 23.1 Å². The van der Waals surface area contributed by atoms with E-state index in [1.165, 1.54) is 11.5 Å². The van der Waals surface area contributed by atoms with Gasteiger partial charge in [-0.05, 0) is 91.4 Å². The third-order valence-electron chi connectivity index (χ3n) is 10.3. The van der Waals surface area contributed by atoms with Gasteiger partial charge in [-0.3, -0.25) is 4.79 Å². The Bertz CT molecular complexity index is 1140. The molecule has 4 aliphatic rings. The quantitative estimate of drug-likeness (QED) is 0.487. The Morgan fingerprint density at radius 2 is 1.75 bits per heavy atom. The molecule has 0 aromatic heterocycles. The van der Waals surface area contributed by atoms with Crippen LogP contribution in [0.2, 0.25) is 0 Å². The maximum Gasteiger partial charge on any atom is 0.457 e. The molecule has 0 bridgehead atoms. The fraction of sp³-hybridized carbons (Fsp3) is 0.633. The molecule has 6 heteroatoms. The molecule has 0 saturated heterocycles. The number of hydrogen-bond donors (Lipinski definition) is 1. The molecule has 0 amide bonds. The van der Waals surface area contributed by atoms with Crippen LogP contribution in [0.15, 0.2) is 35.9 Å². The molecule has 1 aromatic carbocycles. The van der Waals surface area contributed by atoms with Gasteiger partial charge in [-0.15, -0.1) is 0 Å². The number of carbonyl (C=O) groups excluding carboxylic acids is 1. The Balaban J connectivity index is 1.63. The lowest BCUT2D eigenvalue weighted by molar-refractivity contribution is -0.122. The number of alkyl halides is 3. The van der Waals surface area contributed by atoms with Gasteiger partial charge in [0.2, 0.25) is 0 Å². The van der Waals surface area contributed by atoms with Gasteiger partial charge in [-0.2, -0.15) is 13.2 Å². The van der Waals surface area contributed by atoms with Gasteiger partial charge in [-0.25, -0.2) is 0 Å². The van der Waals surface area contributed by atoms with E-state index in [4.69, 9.17) is 0 Å². The summed E-state index contributed by atoms with van der Waals surface area (Å²) < 4.78 is 39.3. The Hall–Kier alpha value is -2.26. The Kier molecular flexibility index (Phi) is 5.91. The van der Waals surface area contributed by atoms with Crippen LogP contribution in [0.1, 0.15) is 70.3 Å². The van der Waals surface area contributed by atoms with E-state index in [0.29, 0.717) is 19.3 Å². The lowest BCUT2D eigenvalue weighted by atomic mass is 9.43.